The van der Waals surface area contributed by atoms with Crippen LogP contribution in [0.25, 0.3) is 11.0 Å². The average Bonchev–Trinajstić information content (AvgIpc) is 3.09. The number of benzene rings is 2. The van der Waals surface area contributed by atoms with Crippen LogP contribution in [0.15, 0.2) is 57.7 Å². The van der Waals surface area contributed by atoms with Crippen molar-refractivity contribution in [3.05, 3.63) is 75.6 Å². The van der Waals surface area contributed by atoms with Crippen molar-refractivity contribution in [1.29, 1.82) is 0 Å². The number of carbonyl (C=O) groups is 1. The Kier molecular flexibility index (Phi) is 6.09. The van der Waals surface area contributed by atoms with Gasteiger partial charge in [-0.1, -0.05) is 38.1 Å². The summed E-state index contributed by atoms with van der Waals surface area (Å²) in [5, 5.41) is 0.493. The molecule has 0 N–H and O–H groups in total. The van der Waals surface area contributed by atoms with Gasteiger partial charge in [-0.15, -0.1) is 0 Å². The Hall–Kier alpha value is -3.12. The van der Waals surface area contributed by atoms with E-state index in [1.165, 1.54) is 0 Å². The molecule has 162 valence electrons. The number of para-hydroxylation sites is 1. The molecule has 3 aromatic rings. The van der Waals surface area contributed by atoms with E-state index in [0.29, 0.717) is 28.8 Å². The first-order chi connectivity index (χ1) is 15.1. The van der Waals surface area contributed by atoms with Gasteiger partial charge in [0.2, 0.25) is 5.76 Å². The molecule has 1 amide bonds. The Morgan fingerprint density at radius 1 is 1.06 bits per heavy atom. The highest BCUT2D eigenvalue weighted by molar-refractivity contribution is 5.99. The van der Waals surface area contributed by atoms with E-state index >= 15 is 0 Å². The second-order valence-electron chi connectivity index (χ2n) is 7.73. The van der Waals surface area contributed by atoms with Crippen LogP contribution < -0.4 is 10.2 Å². The molecule has 1 aliphatic rings. The van der Waals surface area contributed by atoms with E-state index in [0.717, 1.165) is 31.6 Å². The zero-order valence-electron chi connectivity index (χ0n) is 18.3. The summed E-state index contributed by atoms with van der Waals surface area (Å²) < 4.78 is 11.4. The van der Waals surface area contributed by atoms with Gasteiger partial charge in [0.1, 0.15) is 11.3 Å². The van der Waals surface area contributed by atoms with Crippen molar-refractivity contribution in [2.24, 2.45) is 0 Å². The molecule has 0 radical (unpaired) electrons. The van der Waals surface area contributed by atoms with E-state index in [1.807, 2.05) is 30.3 Å². The van der Waals surface area contributed by atoms with Gasteiger partial charge >= 0.3 is 0 Å². The molecule has 2 aromatic carbocycles. The lowest BCUT2D eigenvalue weighted by atomic mass is 9.98. The lowest BCUT2D eigenvalue weighted by Gasteiger charge is -2.27. The number of fused-ring (bicyclic) bond motifs is 2. The molecule has 0 saturated carbocycles. The first kappa shape index (κ1) is 21.1. The van der Waals surface area contributed by atoms with Gasteiger partial charge in [-0.25, -0.2) is 0 Å². The smallest absolute Gasteiger partial charge is 0.290 e. The van der Waals surface area contributed by atoms with Crippen LogP contribution in [0, 0.1) is 0 Å². The molecule has 0 saturated heterocycles. The minimum absolute atomic E-state index is 0.149. The fraction of sp³-hybridized carbons (Fsp3) is 0.360. The summed E-state index contributed by atoms with van der Waals surface area (Å²) in [6.07, 6.45) is 0.815. The zero-order valence-corrected chi connectivity index (χ0v) is 18.3. The fourth-order valence-electron chi connectivity index (χ4n) is 4.36. The van der Waals surface area contributed by atoms with E-state index in [4.69, 9.17) is 9.15 Å². The normalized spacial score (nSPS) is 15.7. The molecule has 1 aliphatic heterocycles. The number of ether oxygens (including phenoxy) is 1. The van der Waals surface area contributed by atoms with E-state index in [1.54, 1.807) is 30.2 Å². The number of rotatable bonds is 8. The molecule has 6 nitrogen and oxygen atoms in total. The summed E-state index contributed by atoms with van der Waals surface area (Å²) in [5.41, 5.74) is 1.55. The average molecular weight is 421 g/mol. The highest BCUT2D eigenvalue weighted by atomic mass is 16.5. The SMILES string of the molecule is CCN(CC)CCCN1C(=O)c2oc3ccccc3c(=O)c2C1c1cccc(OC)c1. The highest BCUT2D eigenvalue weighted by Gasteiger charge is 2.42. The van der Waals surface area contributed by atoms with Crippen LogP contribution in [0.1, 0.15) is 48.0 Å². The minimum atomic E-state index is -0.491. The maximum absolute atomic E-state index is 13.4. The van der Waals surface area contributed by atoms with Crippen LogP contribution in [-0.2, 0) is 0 Å². The summed E-state index contributed by atoms with van der Waals surface area (Å²) in [6, 6.07) is 14.2. The summed E-state index contributed by atoms with van der Waals surface area (Å²) in [4.78, 5) is 30.9. The maximum Gasteiger partial charge on any atom is 0.290 e. The van der Waals surface area contributed by atoms with E-state index in [2.05, 4.69) is 18.7 Å². The number of hydrogen-bond donors (Lipinski definition) is 0. The molecular weight excluding hydrogens is 392 g/mol. The summed E-state index contributed by atoms with van der Waals surface area (Å²) in [5.74, 6) is 0.608. The van der Waals surface area contributed by atoms with Crippen LogP contribution in [0.5, 0.6) is 5.75 Å². The third kappa shape index (κ3) is 3.83. The molecule has 4 rings (SSSR count). The monoisotopic (exact) mass is 420 g/mol. The van der Waals surface area contributed by atoms with Gasteiger partial charge in [-0.05, 0) is 55.9 Å². The lowest BCUT2D eigenvalue weighted by Crippen LogP contribution is -2.33. The van der Waals surface area contributed by atoms with Crippen molar-refractivity contribution in [3.63, 3.8) is 0 Å². The summed E-state index contributed by atoms with van der Waals surface area (Å²) in [6.45, 7) is 7.63. The summed E-state index contributed by atoms with van der Waals surface area (Å²) >= 11 is 0. The van der Waals surface area contributed by atoms with Crippen molar-refractivity contribution in [3.8, 4) is 5.75 Å². The lowest BCUT2D eigenvalue weighted by molar-refractivity contribution is 0.0720. The zero-order chi connectivity index (χ0) is 22.0. The van der Waals surface area contributed by atoms with Gasteiger partial charge in [0, 0.05) is 6.54 Å². The molecule has 2 heterocycles. The molecule has 0 aliphatic carbocycles. The number of carbonyl (C=O) groups excluding carboxylic acids is 1. The van der Waals surface area contributed by atoms with Crippen molar-refractivity contribution in [1.82, 2.24) is 9.80 Å². The third-order valence-electron chi connectivity index (χ3n) is 6.05. The van der Waals surface area contributed by atoms with Crippen molar-refractivity contribution >= 4 is 16.9 Å². The second-order valence-corrected chi connectivity index (χ2v) is 7.73. The summed E-state index contributed by atoms with van der Waals surface area (Å²) in [7, 11) is 1.61. The van der Waals surface area contributed by atoms with E-state index < -0.39 is 6.04 Å². The number of hydrogen-bond acceptors (Lipinski definition) is 5. The second kappa shape index (κ2) is 8.94. The van der Waals surface area contributed by atoms with E-state index in [9.17, 15) is 9.59 Å². The van der Waals surface area contributed by atoms with Crippen molar-refractivity contribution in [2.75, 3.05) is 33.3 Å². The molecular formula is C25H28N2O4. The molecule has 1 aromatic heterocycles. The topological polar surface area (TPSA) is 63.0 Å². The largest absolute Gasteiger partial charge is 0.497 e. The van der Waals surface area contributed by atoms with Crippen molar-refractivity contribution < 1.29 is 13.9 Å². The Morgan fingerprint density at radius 2 is 1.84 bits per heavy atom. The maximum atomic E-state index is 13.4. The Morgan fingerprint density at radius 3 is 2.58 bits per heavy atom. The first-order valence-electron chi connectivity index (χ1n) is 10.8. The van der Waals surface area contributed by atoms with Gasteiger partial charge in [0.25, 0.3) is 5.91 Å². The Labute approximate surface area is 182 Å². The number of amides is 1. The van der Waals surface area contributed by atoms with Gasteiger partial charge in [-0.2, -0.15) is 0 Å². The molecule has 0 spiro atoms. The van der Waals surface area contributed by atoms with Crippen LogP contribution in [0.2, 0.25) is 0 Å². The third-order valence-corrected chi connectivity index (χ3v) is 6.05. The molecule has 31 heavy (non-hydrogen) atoms. The van der Waals surface area contributed by atoms with Gasteiger partial charge < -0.3 is 19.0 Å². The standard InChI is InChI=1S/C25H28N2O4/c1-4-26(5-2)14-9-15-27-22(17-10-8-11-18(16-17)30-3)21-23(28)19-12-6-7-13-20(19)31-24(21)25(27)29/h6-8,10-13,16,22H,4-5,9,14-15H2,1-3H3. The number of methoxy groups -OCH3 is 1. The van der Waals surface area contributed by atoms with Crippen molar-refractivity contribution in [2.45, 2.75) is 26.3 Å². The van der Waals surface area contributed by atoms with Gasteiger partial charge in [0.05, 0.1) is 24.1 Å². The van der Waals surface area contributed by atoms with Gasteiger partial charge in [-0.3, -0.25) is 9.59 Å². The molecule has 6 heteroatoms. The van der Waals surface area contributed by atoms with Gasteiger partial charge in [0.15, 0.2) is 5.43 Å². The number of nitrogens with zero attached hydrogens (tertiary/aromatic N) is 2. The first-order valence-corrected chi connectivity index (χ1v) is 10.8. The van der Waals surface area contributed by atoms with Crippen LogP contribution in [0.4, 0.5) is 0 Å². The fourth-order valence-corrected chi connectivity index (χ4v) is 4.36. The Balaban J connectivity index is 1.80. The molecule has 0 bridgehead atoms. The van der Waals surface area contributed by atoms with E-state index in [-0.39, 0.29) is 17.1 Å². The van der Waals surface area contributed by atoms with Crippen LogP contribution >= 0.6 is 0 Å². The molecule has 1 unspecified atom stereocenters. The minimum Gasteiger partial charge on any atom is -0.497 e. The van der Waals surface area contributed by atoms with Crippen LogP contribution in [0.3, 0.4) is 0 Å². The van der Waals surface area contributed by atoms with Crippen LogP contribution in [-0.4, -0.2) is 49.0 Å². The molecule has 1 atom stereocenters. The molecule has 0 fully saturated rings. The highest BCUT2D eigenvalue weighted by Crippen LogP contribution is 2.39. The predicted octanol–water partition coefficient (Wildman–Crippen LogP) is 4.08. The predicted molar refractivity (Wildman–Crippen MR) is 121 cm³/mol. The Bertz CT molecular complexity index is 1150. The quantitative estimate of drug-likeness (QED) is 0.550.